The van der Waals surface area contributed by atoms with Crippen LogP contribution in [0.3, 0.4) is 0 Å². The standard InChI is InChI=1S/C41H23N3/c42-23-44-41-38-20-31(29-12-10-25-6-2-4-8-27(25)18-29)14-16-33(38)35-21-34-32-15-13-30(19-36(32)40(43)37(34)22-39(35)41)28-11-9-24-5-1-3-7-26(24)17-28/h1-22,43H. The van der Waals surface area contributed by atoms with Gasteiger partial charge in [-0.1, -0.05) is 97.1 Å². The summed E-state index contributed by atoms with van der Waals surface area (Å²) < 4.78 is 0. The zero-order chi connectivity index (χ0) is 29.4. The van der Waals surface area contributed by atoms with E-state index in [2.05, 4.69) is 138 Å². The van der Waals surface area contributed by atoms with Crippen LogP contribution in [-0.2, 0) is 0 Å². The molecule has 0 saturated carbocycles. The first-order valence-corrected chi connectivity index (χ1v) is 14.7. The van der Waals surface area contributed by atoms with Gasteiger partial charge in [-0.15, -0.1) is 0 Å². The maximum Gasteiger partial charge on any atom is 0.206 e. The number of fused-ring (bicyclic) bond motifs is 8. The second kappa shape index (κ2) is 9.19. The highest BCUT2D eigenvalue weighted by molar-refractivity contribution is 6.21. The van der Waals surface area contributed by atoms with Gasteiger partial charge < -0.3 is 0 Å². The van der Waals surface area contributed by atoms with Crippen molar-refractivity contribution < 1.29 is 0 Å². The van der Waals surface area contributed by atoms with Gasteiger partial charge in [0.2, 0.25) is 6.19 Å². The summed E-state index contributed by atoms with van der Waals surface area (Å²) in [4.78, 5) is 4.32. The third kappa shape index (κ3) is 3.55. The van der Waals surface area contributed by atoms with E-state index in [9.17, 15) is 10.7 Å². The Morgan fingerprint density at radius 2 is 0.841 bits per heavy atom. The second-order valence-corrected chi connectivity index (χ2v) is 11.5. The van der Waals surface area contributed by atoms with Crippen molar-refractivity contribution in [3.05, 3.63) is 144 Å². The molecule has 202 valence electrons. The number of nitriles is 1. The Bertz CT molecular complexity index is 2810. The summed E-state index contributed by atoms with van der Waals surface area (Å²) in [5.41, 5.74) is 4.44. The molecule has 0 unspecified atom stereocenters. The molecule has 0 aromatic heterocycles. The molecule has 0 atom stereocenters. The summed E-state index contributed by atoms with van der Waals surface area (Å²) >= 11 is 0. The Kier molecular flexibility index (Phi) is 5.12. The van der Waals surface area contributed by atoms with Gasteiger partial charge in [0.05, 0.1) is 10.7 Å². The van der Waals surface area contributed by atoms with Crippen LogP contribution in [0.4, 0.5) is 0 Å². The van der Waals surface area contributed by atoms with Crippen LogP contribution in [0.25, 0.3) is 86.9 Å². The monoisotopic (exact) mass is 557 g/mol. The van der Waals surface area contributed by atoms with E-state index in [-0.39, 0.29) is 0 Å². The number of hydrogen-bond donors (Lipinski definition) is 1. The maximum absolute atomic E-state index is 9.70. The summed E-state index contributed by atoms with van der Waals surface area (Å²) in [6.07, 6.45) is 2.04. The molecule has 0 amide bonds. The van der Waals surface area contributed by atoms with E-state index in [1.54, 1.807) is 0 Å². The molecule has 0 heterocycles. The van der Waals surface area contributed by atoms with Crippen molar-refractivity contribution in [2.24, 2.45) is 4.99 Å². The fraction of sp³-hybridized carbons (Fsp3) is 0. The largest absolute Gasteiger partial charge is 0.300 e. The minimum Gasteiger partial charge on any atom is -0.300 e. The molecule has 0 aliphatic rings. The first-order valence-electron chi connectivity index (χ1n) is 14.7. The lowest BCUT2D eigenvalue weighted by Crippen LogP contribution is -1.99. The molecular formula is C41H23N3. The summed E-state index contributed by atoms with van der Waals surface area (Å²) in [7, 11) is 0. The third-order valence-corrected chi connectivity index (χ3v) is 9.15. The van der Waals surface area contributed by atoms with Crippen LogP contribution in [-0.4, -0.2) is 0 Å². The van der Waals surface area contributed by atoms with Crippen LogP contribution in [0, 0.1) is 16.9 Å². The molecule has 3 heteroatoms. The molecule has 44 heavy (non-hydrogen) atoms. The van der Waals surface area contributed by atoms with E-state index in [1.807, 2.05) is 6.19 Å². The second-order valence-electron chi connectivity index (χ2n) is 11.5. The number of benzene rings is 7. The van der Waals surface area contributed by atoms with E-state index in [1.165, 1.54) is 21.5 Å². The van der Waals surface area contributed by atoms with Gasteiger partial charge >= 0.3 is 0 Å². The average molecular weight is 558 g/mol. The van der Waals surface area contributed by atoms with Crippen molar-refractivity contribution in [1.82, 2.24) is 0 Å². The Morgan fingerprint density at radius 3 is 1.45 bits per heavy atom. The predicted molar refractivity (Wildman–Crippen MR) is 182 cm³/mol. The Hall–Kier alpha value is -6.11. The van der Waals surface area contributed by atoms with Crippen molar-refractivity contribution >= 4 is 64.6 Å². The zero-order valence-electron chi connectivity index (χ0n) is 23.6. The van der Waals surface area contributed by atoms with E-state index in [0.29, 0.717) is 10.7 Å². The number of nitrogens with one attached hydrogen (secondary N) is 1. The molecule has 9 rings (SSSR count). The highest BCUT2D eigenvalue weighted by Gasteiger charge is 2.16. The normalized spacial score (nSPS) is 12.3. The molecule has 9 aromatic rings. The fourth-order valence-electron chi connectivity index (χ4n) is 6.97. The van der Waals surface area contributed by atoms with Crippen LogP contribution in [0.1, 0.15) is 0 Å². The molecule has 1 N–H and O–H groups in total. The van der Waals surface area contributed by atoms with Crippen molar-refractivity contribution in [1.29, 1.82) is 10.7 Å². The van der Waals surface area contributed by atoms with Gasteiger partial charge in [-0.3, -0.25) is 5.41 Å². The topological polar surface area (TPSA) is 60.0 Å². The fourth-order valence-corrected chi connectivity index (χ4v) is 6.97. The molecule has 3 nitrogen and oxygen atoms in total. The van der Waals surface area contributed by atoms with Crippen molar-refractivity contribution in [2.45, 2.75) is 0 Å². The van der Waals surface area contributed by atoms with Crippen LogP contribution in [0.2, 0.25) is 0 Å². The summed E-state index contributed by atoms with van der Waals surface area (Å²) in [5.74, 6) is 0. The summed E-state index contributed by atoms with van der Waals surface area (Å²) in [5, 5.41) is 32.8. The van der Waals surface area contributed by atoms with E-state index < -0.39 is 0 Å². The van der Waals surface area contributed by atoms with Crippen LogP contribution in [0.5, 0.6) is 0 Å². The Morgan fingerprint density at radius 1 is 0.409 bits per heavy atom. The first kappa shape index (κ1) is 24.5. The van der Waals surface area contributed by atoms with Gasteiger partial charge in [0.25, 0.3) is 0 Å². The zero-order valence-corrected chi connectivity index (χ0v) is 23.6. The Labute approximate surface area is 252 Å². The highest BCUT2D eigenvalue weighted by atomic mass is 14.7. The van der Waals surface area contributed by atoms with E-state index in [4.69, 9.17) is 0 Å². The van der Waals surface area contributed by atoms with E-state index in [0.717, 1.165) is 65.3 Å². The van der Waals surface area contributed by atoms with Crippen LogP contribution in [0.15, 0.2) is 138 Å². The quantitative estimate of drug-likeness (QED) is 0.211. The summed E-state index contributed by atoms with van der Waals surface area (Å²) in [6, 6.07) is 46.9. The van der Waals surface area contributed by atoms with Gasteiger partial charge in [0, 0.05) is 21.5 Å². The smallest absolute Gasteiger partial charge is 0.206 e. The first-order chi connectivity index (χ1) is 21.7. The third-order valence-electron chi connectivity index (χ3n) is 9.15. The van der Waals surface area contributed by atoms with Crippen LogP contribution >= 0.6 is 0 Å². The van der Waals surface area contributed by atoms with Crippen molar-refractivity contribution in [3.63, 3.8) is 0 Å². The molecule has 0 spiro atoms. The molecule has 9 aromatic carbocycles. The van der Waals surface area contributed by atoms with Gasteiger partial charge in [0.15, 0.2) is 0 Å². The van der Waals surface area contributed by atoms with Gasteiger partial charge in [-0.2, -0.15) is 10.3 Å². The lowest BCUT2D eigenvalue weighted by atomic mass is 9.99. The predicted octanol–water partition coefficient (Wildman–Crippen LogP) is 9.68. The molecule has 0 bridgehead atoms. The lowest BCUT2D eigenvalue weighted by Gasteiger charge is -2.05. The SMILES string of the molecule is N#CN=c1c2cc(-c3ccc4ccccc4c3)ccc2c2cc3c(cc12)c(=N)c1cc(-c2ccc4ccccc4c2)ccc13. The minimum atomic E-state index is 0.504. The Balaban J connectivity index is 1.25. The number of nitrogens with zero attached hydrogens (tertiary/aromatic N) is 2. The molecule has 0 aliphatic carbocycles. The van der Waals surface area contributed by atoms with Gasteiger partial charge in [-0.05, 0) is 102 Å². The minimum absolute atomic E-state index is 0.504. The number of hydrogen-bond acceptors (Lipinski definition) is 3. The van der Waals surface area contributed by atoms with Crippen molar-refractivity contribution in [2.75, 3.05) is 0 Å². The molecule has 0 saturated heterocycles. The lowest BCUT2D eigenvalue weighted by molar-refractivity contribution is 1.35. The van der Waals surface area contributed by atoms with Crippen molar-refractivity contribution in [3.8, 4) is 28.4 Å². The van der Waals surface area contributed by atoms with E-state index >= 15 is 0 Å². The maximum atomic E-state index is 9.70. The molecule has 0 radical (unpaired) electrons. The van der Waals surface area contributed by atoms with Crippen LogP contribution < -0.4 is 10.7 Å². The molecule has 0 aliphatic heterocycles. The van der Waals surface area contributed by atoms with Gasteiger partial charge in [-0.25, -0.2) is 0 Å². The number of rotatable bonds is 2. The summed E-state index contributed by atoms with van der Waals surface area (Å²) in [6.45, 7) is 0. The highest BCUT2D eigenvalue weighted by Crippen LogP contribution is 2.36. The van der Waals surface area contributed by atoms with Gasteiger partial charge in [0.1, 0.15) is 0 Å². The molecule has 0 fully saturated rings. The molecular weight excluding hydrogens is 534 g/mol. The average Bonchev–Trinajstić information content (AvgIpc) is 3.53.